The summed E-state index contributed by atoms with van der Waals surface area (Å²) in [7, 11) is -3.88. The Labute approximate surface area is 116 Å². The maximum atomic E-state index is 12.1. The van der Waals surface area contributed by atoms with E-state index in [2.05, 4.69) is 5.32 Å². The molecule has 1 aromatic heterocycles. The molecule has 2 bridgehead atoms. The molecule has 2 aliphatic rings. The smallest absolute Gasteiger partial charge is 0.287 e. The molecule has 0 radical (unpaired) electrons. The average molecular weight is 300 g/mol. The minimum atomic E-state index is -3.88. The first-order valence-electron chi connectivity index (χ1n) is 6.44. The molecule has 2 aliphatic heterocycles. The Bertz CT molecular complexity index is 651. The van der Waals surface area contributed by atoms with Gasteiger partial charge in [-0.2, -0.15) is 0 Å². The molecule has 0 aliphatic carbocycles. The molecule has 110 valence electrons. The van der Waals surface area contributed by atoms with Crippen LogP contribution in [0.2, 0.25) is 0 Å². The van der Waals surface area contributed by atoms with Crippen molar-refractivity contribution in [3.63, 3.8) is 0 Å². The van der Waals surface area contributed by atoms with Crippen molar-refractivity contribution in [1.29, 1.82) is 0 Å². The lowest BCUT2D eigenvalue weighted by atomic mass is 9.95. The van der Waals surface area contributed by atoms with E-state index in [1.165, 1.54) is 6.92 Å². The van der Waals surface area contributed by atoms with Crippen LogP contribution in [0.1, 0.15) is 35.6 Å². The van der Waals surface area contributed by atoms with Crippen LogP contribution < -0.4 is 10.5 Å². The molecule has 0 saturated carbocycles. The van der Waals surface area contributed by atoms with E-state index >= 15 is 0 Å². The number of rotatable bonds is 3. The Morgan fingerprint density at radius 2 is 2.20 bits per heavy atom. The number of carbonyl (C=O) groups excluding carboxylic acids is 1. The molecule has 0 spiro atoms. The Kier molecular flexibility index (Phi) is 3.11. The Morgan fingerprint density at radius 3 is 2.70 bits per heavy atom. The molecule has 3 atom stereocenters. The molecule has 2 saturated heterocycles. The fraction of sp³-hybridized carbons (Fsp3) is 0.583. The van der Waals surface area contributed by atoms with Gasteiger partial charge in [0.05, 0.1) is 18.2 Å². The lowest BCUT2D eigenvalue weighted by molar-refractivity contribution is 0.0820. The molecular weight excluding hydrogens is 284 g/mol. The number of furan rings is 1. The van der Waals surface area contributed by atoms with Crippen molar-refractivity contribution in [2.24, 2.45) is 5.14 Å². The SMILES string of the molecule is Cc1oc(C(=O)NC2CC3CCC2O3)cc1S(N)(=O)=O. The summed E-state index contributed by atoms with van der Waals surface area (Å²) in [5.74, 6) is -0.375. The topological polar surface area (TPSA) is 112 Å². The second kappa shape index (κ2) is 4.57. The van der Waals surface area contributed by atoms with Gasteiger partial charge < -0.3 is 14.5 Å². The van der Waals surface area contributed by atoms with Gasteiger partial charge in [-0.1, -0.05) is 0 Å². The summed E-state index contributed by atoms with van der Waals surface area (Å²) in [6, 6.07) is 1.12. The molecule has 2 fully saturated rings. The van der Waals surface area contributed by atoms with Gasteiger partial charge in [0.1, 0.15) is 10.7 Å². The first-order chi connectivity index (χ1) is 9.34. The van der Waals surface area contributed by atoms with E-state index < -0.39 is 15.9 Å². The zero-order chi connectivity index (χ0) is 14.5. The van der Waals surface area contributed by atoms with Gasteiger partial charge in [0, 0.05) is 6.07 Å². The van der Waals surface area contributed by atoms with E-state index in [1.54, 1.807) is 0 Å². The number of ether oxygens (including phenoxy) is 1. The van der Waals surface area contributed by atoms with Gasteiger partial charge in [0.25, 0.3) is 5.91 Å². The van der Waals surface area contributed by atoms with Gasteiger partial charge in [-0.05, 0) is 26.2 Å². The number of fused-ring (bicyclic) bond motifs is 2. The highest BCUT2D eigenvalue weighted by molar-refractivity contribution is 7.89. The minimum Gasteiger partial charge on any atom is -0.455 e. The summed E-state index contributed by atoms with van der Waals surface area (Å²) in [5.41, 5.74) is 0. The number of aryl methyl sites for hydroxylation is 1. The number of primary sulfonamides is 1. The van der Waals surface area contributed by atoms with Gasteiger partial charge in [-0.25, -0.2) is 13.6 Å². The van der Waals surface area contributed by atoms with E-state index in [1.807, 2.05) is 0 Å². The summed E-state index contributed by atoms with van der Waals surface area (Å²) >= 11 is 0. The predicted octanol–water partition coefficient (Wildman–Crippen LogP) is 0.285. The quantitative estimate of drug-likeness (QED) is 0.833. The van der Waals surface area contributed by atoms with Gasteiger partial charge >= 0.3 is 0 Å². The average Bonchev–Trinajstić information content (AvgIpc) is 3.01. The summed E-state index contributed by atoms with van der Waals surface area (Å²) in [6.45, 7) is 1.46. The molecule has 20 heavy (non-hydrogen) atoms. The Hall–Kier alpha value is -1.38. The molecular formula is C12H16N2O5S. The summed E-state index contributed by atoms with van der Waals surface area (Å²) < 4.78 is 33.4. The van der Waals surface area contributed by atoms with Crippen LogP contribution >= 0.6 is 0 Å². The first kappa shape index (κ1) is 13.6. The number of carbonyl (C=O) groups is 1. The monoisotopic (exact) mass is 300 g/mol. The van der Waals surface area contributed by atoms with Crippen molar-refractivity contribution >= 4 is 15.9 Å². The maximum absolute atomic E-state index is 12.1. The van der Waals surface area contributed by atoms with Crippen LogP contribution in [0, 0.1) is 6.92 Å². The van der Waals surface area contributed by atoms with Crippen molar-refractivity contribution in [2.45, 2.75) is 49.3 Å². The molecule has 3 unspecified atom stereocenters. The number of hydrogen-bond acceptors (Lipinski definition) is 5. The van der Waals surface area contributed by atoms with Crippen molar-refractivity contribution < 1.29 is 22.4 Å². The highest BCUT2D eigenvalue weighted by Crippen LogP contribution is 2.34. The summed E-state index contributed by atoms with van der Waals surface area (Å²) in [4.78, 5) is 11.9. The van der Waals surface area contributed by atoms with Crippen LogP contribution in [0.25, 0.3) is 0 Å². The lowest BCUT2D eigenvalue weighted by Crippen LogP contribution is -2.41. The molecule has 7 nitrogen and oxygen atoms in total. The Morgan fingerprint density at radius 1 is 1.45 bits per heavy atom. The molecule has 8 heteroatoms. The van der Waals surface area contributed by atoms with E-state index in [-0.39, 0.29) is 34.7 Å². The van der Waals surface area contributed by atoms with E-state index in [0.29, 0.717) is 0 Å². The fourth-order valence-electron chi connectivity index (χ4n) is 2.89. The van der Waals surface area contributed by atoms with Crippen LogP contribution in [0.3, 0.4) is 0 Å². The van der Waals surface area contributed by atoms with Gasteiger partial charge in [-0.15, -0.1) is 0 Å². The maximum Gasteiger partial charge on any atom is 0.287 e. The summed E-state index contributed by atoms with van der Waals surface area (Å²) in [5, 5.41) is 7.87. The Balaban J connectivity index is 1.75. The third kappa shape index (κ3) is 2.34. The van der Waals surface area contributed by atoms with Crippen LogP contribution in [0.4, 0.5) is 0 Å². The number of nitrogens with one attached hydrogen (secondary N) is 1. The van der Waals surface area contributed by atoms with Crippen molar-refractivity contribution in [2.75, 3.05) is 0 Å². The van der Waals surface area contributed by atoms with Gasteiger partial charge in [0.2, 0.25) is 10.0 Å². The highest BCUT2D eigenvalue weighted by Gasteiger charge is 2.41. The van der Waals surface area contributed by atoms with Crippen LogP contribution in [0.5, 0.6) is 0 Å². The molecule has 1 aromatic rings. The first-order valence-corrected chi connectivity index (χ1v) is 7.99. The number of sulfonamides is 1. The van der Waals surface area contributed by atoms with Crippen molar-refractivity contribution in [3.8, 4) is 0 Å². The fourth-order valence-corrected chi connectivity index (χ4v) is 3.60. The van der Waals surface area contributed by atoms with Crippen LogP contribution in [-0.2, 0) is 14.8 Å². The highest BCUT2D eigenvalue weighted by atomic mass is 32.2. The predicted molar refractivity (Wildman–Crippen MR) is 68.6 cm³/mol. The van der Waals surface area contributed by atoms with Crippen LogP contribution in [-0.4, -0.2) is 32.6 Å². The largest absolute Gasteiger partial charge is 0.455 e. The lowest BCUT2D eigenvalue weighted by Gasteiger charge is -2.19. The third-order valence-electron chi connectivity index (χ3n) is 3.83. The molecule has 3 rings (SSSR count). The zero-order valence-electron chi connectivity index (χ0n) is 11.0. The van der Waals surface area contributed by atoms with Crippen LogP contribution in [0.15, 0.2) is 15.4 Å². The zero-order valence-corrected chi connectivity index (χ0v) is 11.8. The molecule has 3 N–H and O–H groups in total. The second-order valence-electron chi connectivity index (χ2n) is 5.27. The van der Waals surface area contributed by atoms with E-state index in [4.69, 9.17) is 14.3 Å². The standard InChI is InChI=1S/C12H16N2O5S/c1-6-11(20(13,16)17)5-10(18-6)12(15)14-8-4-7-2-3-9(8)19-7/h5,7-9H,2-4H2,1H3,(H,14,15)(H2,13,16,17). The number of nitrogens with two attached hydrogens (primary N) is 1. The van der Waals surface area contributed by atoms with Gasteiger partial charge in [-0.3, -0.25) is 4.79 Å². The van der Waals surface area contributed by atoms with Crippen molar-refractivity contribution in [1.82, 2.24) is 5.32 Å². The van der Waals surface area contributed by atoms with Gasteiger partial charge in [0.15, 0.2) is 5.76 Å². The molecule has 0 aromatic carbocycles. The third-order valence-corrected chi connectivity index (χ3v) is 4.84. The molecule has 1 amide bonds. The number of hydrogen-bond donors (Lipinski definition) is 2. The molecule has 3 heterocycles. The van der Waals surface area contributed by atoms with E-state index in [9.17, 15) is 13.2 Å². The minimum absolute atomic E-state index is 0.0374. The summed E-state index contributed by atoms with van der Waals surface area (Å²) in [6.07, 6.45) is 3.04. The van der Waals surface area contributed by atoms with E-state index in [0.717, 1.165) is 25.3 Å². The normalized spacial score (nSPS) is 28.8. The second-order valence-corrected chi connectivity index (χ2v) is 6.80. The van der Waals surface area contributed by atoms with Crippen molar-refractivity contribution in [3.05, 3.63) is 17.6 Å². The number of amides is 1.